The Morgan fingerprint density at radius 2 is 1.83 bits per heavy atom. The quantitative estimate of drug-likeness (QED) is 0.302. The number of hydrogen-bond donors (Lipinski definition) is 0. The predicted octanol–water partition coefficient (Wildman–Crippen LogP) is 6.92. The first-order chi connectivity index (χ1) is 17.1. The molecule has 0 saturated carbocycles. The molecule has 3 aromatic rings. The van der Waals surface area contributed by atoms with Gasteiger partial charge in [0.25, 0.3) is 5.91 Å². The van der Waals surface area contributed by atoms with Crippen molar-refractivity contribution in [2.24, 2.45) is 11.8 Å². The summed E-state index contributed by atoms with van der Waals surface area (Å²) >= 11 is 1.65. The second kappa shape index (κ2) is 11.1. The summed E-state index contributed by atoms with van der Waals surface area (Å²) in [4.78, 5) is 18.6. The van der Waals surface area contributed by atoms with Gasteiger partial charge in [0, 0.05) is 49.1 Å². The Morgan fingerprint density at radius 3 is 2.47 bits per heavy atom. The highest BCUT2D eigenvalue weighted by atomic mass is 32.1. The molecule has 0 N–H and O–H groups in total. The van der Waals surface area contributed by atoms with Gasteiger partial charge in [0.1, 0.15) is 5.82 Å². The van der Waals surface area contributed by atoms with Crippen LogP contribution in [0.5, 0.6) is 0 Å². The highest BCUT2D eigenvalue weighted by Gasteiger charge is 2.38. The lowest BCUT2D eigenvalue weighted by Gasteiger charge is -2.30. The van der Waals surface area contributed by atoms with Crippen molar-refractivity contribution < 1.29 is 22.4 Å². The average Bonchev–Trinajstić information content (AvgIpc) is 3.48. The summed E-state index contributed by atoms with van der Waals surface area (Å²) < 4.78 is 53.8. The van der Waals surface area contributed by atoms with E-state index < -0.39 is 17.6 Å². The van der Waals surface area contributed by atoms with Gasteiger partial charge in [-0.05, 0) is 59.2 Å². The molecule has 2 aromatic carbocycles. The average molecular weight is 519 g/mol. The van der Waals surface area contributed by atoms with Crippen molar-refractivity contribution >= 4 is 17.2 Å². The van der Waals surface area contributed by atoms with Crippen LogP contribution < -0.4 is 0 Å². The number of nitrogens with zero attached hydrogens (tertiary/aromatic N) is 2. The summed E-state index contributed by atoms with van der Waals surface area (Å²) in [5.74, 6) is -0.598. The van der Waals surface area contributed by atoms with E-state index in [-0.39, 0.29) is 23.7 Å². The SMILES string of the molecule is CC(C)CN(C[C@H]1CN(Cc2cccs2)C[C@H]1c1cccc(C(F)(F)F)c1)C(=O)c1ccc(F)cc1. The molecule has 0 unspecified atom stereocenters. The molecule has 0 bridgehead atoms. The van der Waals surface area contributed by atoms with Gasteiger partial charge < -0.3 is 4.90 Å². The van der Waals surface area contributed by atoms with E-state index in [4.69, 9.17) is 0 Å². The zero-order valence-electron chi connectivity index (χ0n) is 20.3. The number of likely N-dealkylation sites (tertiary alicyclic amines) is 1. The molecule has 1 aliphatic heterocycles. The fourth-order valence-corrected chi connectivity index (χ4v) is 5.71. The number of hydrogen-bond acceptors (Lipinski definition) is 3. The second-order valence-electron chi connectivity index (χ2n) is 9.87. The maximum Gasteiger partial charge on any atom is 0.416 e. The minimum Gasteiger partial charge on any atom is -0.338 e. The monoisotopic (exact) mass is 518 g/mol. The molecule has 1 saturated heterocycles. The summed E-state index contributed by atoms with van der Waals surface area (Å²) in [5.41, 5.74) is 0.389. The minimum atomic E-state index is -4.41. The molecule has 3 nitrogen and oxygen atoms in total. The van der Waals surface area contributed by atoms with Gasteiger partial charge in [0.05, 0.1) is 5.56 Å². The lowest BCUT2D eigenvalue weighted by atomic mass is 9.87. The molecular formula is C28H30F4N2OS. The maximum absolute atomic E-state index is 13.5. The lowest BCUT2D eigenvalue weighted by Crippen LogP contribution is -2.39. The molecule has 192 valence electrons. The molecule has 1 fully saturated rings. The first-order valence-corrected chi connectivity index (χ1v) is 12.9. The van der Waals surface area contributed by atoms with E-state index in [1.807, 2.05) is 25.3 Å². The van der Waals surface area contributed by atoms with E-state index in [1.54, 1.807) is 22.3 Å². The van der Waals surface area contributed by atoms with Crippen molar-refractivity contribution in [3.8, 4) is 0 Å². The Morgan fingerprint density at radius 1 is 1.08 bits per heavy atom. The van der Waals surface area contributed by atoms with E-state index in [9.17, 15) is 22.4 Å². The van der Waals surface area contributed by atoms with Gasteiger partial charge in [-0.15, -0.1) is 11.3 Å². The van der Waals surface area contributed by atoms with Crippen LogP contribution in [0.25, 0.3) is 0 Å². The number of halogens is 4. The normalized spacial score (nSPS) is 18.6. The highest BCUT2D eigenvalue weighted by molar-refractivity contribution is 7.09. The highest BCUT2D eigenvalue weighted by Crippen LogP contribution is 2.38. The third-order valence-corrected chi connectivity index (χ3v) is 7.40. The van der Waals surface area contributed by atoms with Crippen molar-refractivity contribution in [2.45, 2.75) is 32.5 Å². The molecule has 0 spiro atoms. The zero-order valence-corrected chi connectivity index (χ0v) is 21.2. The first kappa shape index (κ1) is 26.4. The molecule has 0 aliphatic carbocycles. The van der Waals surface area contributed by atoms with E-state index in [0.717, 1.165) is 12.6 Å². The van der Waals surface area contributed by atoms with Crippen LogP contribution in [0.2, 0.25) is 0 Å². The van der Waals surface area contributed by atoms with E-state index in [1.165, 1.54) is 41.3 Å². The second-order valence-corrected chi connectivity index (χ2v) is 10.9. The molecule has 4 rings (SSSR count). The van der Waals surface area contributed by atoms with Crippen LogP contribution >= 0.6 is 11.3 Å². The zero-order chi connectivity index (χ0) is 25.9. The molecule has 36 heavy (non-hydrogen) atoms. The number of benzene rings is 2. The number of carbonyl (C=O) groups is 1. The topological polar surface area (TPSA) is 23.6 Å². The molecular weight excluding hydrogens is 488 g/mol. The van der Waals surface area contributed by atoms with Crippen LogP contribution in [-0.4, -0.2) is 41.9 Å². The summed E-state index contributed by atoms with van der Waals surface area (Å²) in [7, 11) is 0. The van der Waals surface area contributed by atoms with Gasteiger partial charge in [-0.1, -0.05) is 38.1 Å². The van der Waals surface area contributed by atoms with Crippen molar-refractivity contribution in [1.82, 2.24) is 9.80 Å². The van der Waals surface area contributed by atoms with Gasteiger partial charge in [0.15, 0.2) is 0 Å². The third kappa shape index (κ3) is 6.53. The molecule has 2 atom stereocenters. The van der Waals surface area contributed by atoms with Crippen molar-refractivity contribution in [1.29, 1.82) is 0 Å². The van der Waals surface area contributed by atoms with Gasteiger partial charge in [-0.3, -0.25) is 9.69 Å². The number of rotatable bonds is 8. The van der Waals surface area contributed by atoms with Crippen LogP contribution in [0.15, 0.2) is 66.0 Å². The predicted molar refractivity (Wildman–Crippen MR) is 134 cm³/mol. The van der Waals surface area contributed by atoms with Gasteiger partial charge in [-0.25, -0.2) is 4.39 Å². The Balaban J connectivity index is 1.62. The Bertz CT molecular complexity index is 1150. The first-order valence-electron chi connectivity index (χ1n) is 12.1. The molecule has 1 aliphatic rings. The molecule has 2 heterocycles. The Labute approximate surface area is 213 Å². The summed E-state index contributed by atoms with van der Waals surface area (Å²) in [6.45, 7) is 6.97. The maximum atomic E-state index is 13.5. The number of alkyl halides is 3. The number of amides is 1. The number of carbonyl (C=O) groups excluding carboxylic acids is 1. The summed E-state index contributed by atoms with van der Waals surface area (Å²) in [6.07, 6.45) is -4.41. The molecule has 1 aromatic heterocycles. The van der Waals surface area contributed by atoms with Gasteiger partial charge in [-0.2, -0.15) is 13.2 Å². The Hall–Kier alpha value is -2.71. The van der Waals surface area contributed by atoms with Gasteiger partial charge in [0.2, 0.25) is 0 Å². The summed E-state index contributed by atoms with van der Waals surface area (Å²) in [6, 6.07) is 15.1. The van der Waals surface area contributed by atoms with Crippen molar-refractivity contribution in [3.63, 3.8) is 0 Å². The van der Waals surface area contributed by atoms with Gasteiger partial charge >= 0.3 is 6.18 Å². The summed E-state index contributed by atoms with van der Waals surface area (Å²) in [5, 5.41) is 2.01. The van der Waals surface area contributed by atoms with E-state index >= 15 is 0 Å². The number of thiophene rings is 1. The molecule has 1 amide bonds. The van der Waals surface area contributed by atoms with Crippen LogP contribution in [0, 0.1) is 17.7 Å². The fraction of sp³-hybridized carbons (Fsp3) is 0.393. The Kier molecular flexibility index (Phi) is 8.15. The van der Waals surface area contributed by atoms with E-state index in [0.29, 0.717) is 37.3 Å². The van der Waals surface area contributed by atoms with Crippen LogP contribution in [-0.2, 0) is 12.7 Å². The third-order valence-electron chi connectivity index (χ3n) is 6.54. The van der Waals surface area contributed by atoms with Crippen LogP contribution in [0.4, 0.5) is 17.6 Å². The minimum absolute atomic E-state index is 0.0448. The largest absolute Gasteiger partial charge is 0.416 e. The molecule has 8 heteroatoms. The van der Waals surface area contributed by atoms with Crippen molar-refractivity contribution in [3.05, 3.63) is 93.4 Å². The van der Waals surface area contributed by atoms with Crippen LogP contribution in [0.1, 0.15) is 46.1 Å². The smallest absolute Gasteiger partial charge is 0.338 e. The van der Waals surface area contributed by atoms with E-state index in [2.05, 4.69) is 11.0 Å². The van der Waals surface area contributed by atoms with Crippen LogP contribution in [0.3, 0.4) is 0 Å². The fourth-order valence-electron chi connectivity index (χ4n) is 4.96. The lowest BCUT2D eigenvalue weighted by molar-refractivity contribution is -0.137. The standard InChI is InChI=1S/C28H30F4N2OS/c1-19(2)14-34(27(35)20-8-10-24(29)11-9-20)16-22-15-33(17-25-7-4-12-36-25)18-26(22)21-5-3-6-23(13-21)28(30,31)32/h3-13,19,22,26H,14-18H2,1-2H3/t22-,26+/m1/s1. The van der Waals surface area contributed by atoms with Crippen molar-refractivity contribution in [2.75, 3.05) is 26.2 Å². The molecule has 0 radical (unpaired) electrons.